The van der Waals surface area contributed by atoms with Gasteiger partial charge in [0.1, 0.15) is 5.82 Å². The van der Waals surface area contributed by atoms with Gasteiger partial charge < -0.3 is 5.73 Å². The summed E-state index contributed by atoms with van der Waals surface area (Å²) in [6.45, 7) is 0. The molecular formula is C10H7ClFNS. The van der Waals surface area contributed by atoms with Crippen LogP contribution in [0.2, 0.25) is 5.02 Å². The van der Waals surface area contributed by atoms with Gasteiger partial charge in [-0.15, -0.1) is 11.3 Å². The Balaban J connectivity index is 2.63. The normalized spacial score (nSPS) is 10.4. The molecule has 14 heavy (non-hydrogen) atoms. The molecule has 1 aromatic heterocycles. The average molecular weight is 228 g/mol. The summed E-state index contributed by atoms with van der Waals surface area (Å²) in [6, 6.07) is 6.49. The second kappa shape index (κ2) is 3.59. The Labute approximate surface area is 89.9 Å². The van der Waals surface area contributed by atoms with Crippen LogP contribution >= 0.6 is 22.9 Å². The molecule has 0 unspecified atom stereocenters. The number of benzene rings is 1. The van der Waals surface area contributed by atoms with E-state index in [-0.39, 0.29) is 5.69 Å². The van der Waals surface area contributed by atoms with Gasteiger partial charge in [-0.1, -0.05) is 23.7 Å². The van der Waals surface area contributed by atoms with Crippen LogP contribution in [0.15, 0.2) is 29.6 Å². The van der Waals surface area contributed by atoms with E-state index in [9.17, 15) is 4.39 Å². The molecule has 1 heterocycles. The molecule has 0 bridgehead atoms. The Bertz CT molecular complexity index is 467. The predicted molar refractivity (Wildman–Crippen MR) is 59.1 cm³/mol. The Kier molecular flexibility index (Phi) is 2.44. The maximum absolute atomic E-state index is 13.1. The Morgan fingerprint density at radius 1 is 1.29 bits per heavy atom. The molecule has 0 amide bonds. The van der Waals surface area contributed by atoms with Crippen molar-refractivity contribution in [3.05, 3.63) is 40.5 Å². The van der Waals surface area contributed by atoms with Gasteiger partial charge in [-0.2, -0.15) is 0 Å². The van der Waals surface area contributed by atoms with E-state index in [1.54, 1.807) is 18.2 Å². The van der Waals surface area contributed by atoms with Crippen LogP contribution in [0.5, 0.6) is 0 Å². The summed E-state index contributed by atoms with van der Waals surface area (Å²) >= 11 is 7.38. The lowest BCUT2D eigenvalue weighted by Crippen LogP contribution is -1.92. The molecular weight excluding hydrogens is 221 g/mol. The molecule has 72 valence electrons. The quantitative estimate of drug-likeness (QED) is 0.737. The van der Waals surface area contributed by atoms with Gasteiger partial charge in [0, 0.05) is 5.56 Å². The van der Waals surface area contributed by atoms with Crippen molar-refractivity contribution in [1.29, 1.82) is 0 Å². The summed E-state index contributed by atoms with van der Waals surface area (Å²) in [5.41, 5.74) is 6.42. The summed E-state index contributed by atoms with van der Waals surface area (Å²) in [5, 5.41) is 2.45. The average Bonchev–Trinajstić information content (AvgIpc) is 2.57. The van der Waals surface area contributed by atoms with E-state index in [0.29, 0.717) is 10.6 Å². The fraction of sp³-hybridized carbons (Fsp3) is 0. The van der Waals surface area contributed by atoms with Crippen molar-refractivity contribution in [1.82, 2.24) is 0 Å². The molecule has 0 radical (unpaired) electrons. The maximum atomic E-state index is 13.1. The summed E-state index contributed by atoms with van der Waals surface area (Å²) in [4.78, 5) is 0.809. The third kappa shape index (κ3) is 1.49. The smallest absolute Gasteiger partial charge is 0.146 e. The van der Waals surface area contributed by atoms with Crippen LogP contribution < -0.4 is 5.73 Å². The molecule has 0 aliphatic heterocycles. The second-order valence-electron chi connectivity index (χ2n) is 2.80. The zero-order chi connectivity index (χ0) is 10.1. The molecule has 0 spiro atoms. The molecule has 2 aromatic rings. The highest BCUT2D eigenvalue weighted by molar-refractivity contribution is 7.14. The lowest BCUT2D eigenvalue weighted by atomic mass is 10.1. The van der Waals surface area contributed by atoms with Gasteiger partial charge in [-0.05, 0) is 17.5 Å². The van der Waals surface area contributed by atoms with Crippen LogP contribution in [-0.4, -0.2) is 0 Å². The number of halogens is 2. The second-order valence-corrected chi connectivity index (χ2v) is 4.12. The summed E-state index contributed by atoms with van der Waals surface area (Å²) in [6.07, 6.45) is 0. The van der Waals surface area contributed by atoms with Crippen molar-refractivity contribution in [3.8, 4) is 10.4 Å². The highest BCUT2D eigenvalue weighted by Crippen LogP contribution is 2.37. The Hall–Kier alpha value is -1.06. The third-order valence-electron chi connectivity index (χ3n) is 1.91. The van der Waals surface area contributed by atoms with Crippen molar-refractivity contribution in [2.75, 3.05) is 5.73 Å². The van der Waals surface area contributed by atoms with Crippen molar-refractivity contribution in [2.45, 2.75) is 0 Å². The van der Waals surface area contributed by atoms with E-state index in [1.165, 1.54) is 17.4 Å². The summed E-state index contributed by atoms with van der Waals surface area (Å²) < 4.78 is 13.1. The van der Waals surface area contributed by atoms with Crippen molar-refractivity contribution in [2.24, 2.45) is 0 Å². The van der Waals surface area contributed by atoms with Crippen molar-refractivity contribution < 1.29 is 4.39 Å². The molecule has 2 N–H and O–H groups in total. The summed E-state index contributed by atoms with van der Waals surface area (Å²) in [5.74, 6) is -0.410. The van der Waals surface area contributed by atoms with Gasteiger partial charge in [-0.25, -0.2) is 4.39 Å². The number of nitrogens with two attached hydrogens (primary N) is 1. The maximum Gasteiger partial charge on any atom is 0.146 e. The fourth-order valence-electron chi connectivity index (χ4n) is 1.22. The van der Waals surface area contributed by atoms with E-state index in [1.807, 2.05) is 5.38 Å². The van der Waals surface area contributed by atoms with Crippen LogP contribution in [0.1, 0.15) is 0 Å². The minimum Gasteiger partial charge on any atom is -0.396 e. The van der Waals surface area contributed by atoms with Gasteiger partial charge >= 0.3 is 0 Å². The number of hydrogen-bond acceptors (Lipinski definition) is 2. The summed E-state index contributed by atoms with van der Waals surface area (Å²) in [7, 11) is 0. The number of anilines is 1. The molecule has 0 saturated heterocycles. The number of nitrogen functional groups attached to an aromatic ring is 1. The highest BCUT2D eigenvalue weighted by atomic mass is 35.5. The van der Waals surface area contributed by atoms with Crippen LogP contribution in [0.25, 0.3) is 10.4 Å². The molecule has 0 aliphatic rings. The fourth-order valence-corrected chi connectivity index (χ4v) is 2.42. The van der Waals surface area contributed by atoms with E-state index >= 15 is 0 Å². The minimum atomic E-state index is -0.410. The SMILES string of the molecule is Nc1c(F)cccc1-c1sccc1Cl. The van der Waals surface area contributed by atoms with E-state index in [2.05, 4.69) is 0 Å². The van der Waals surface area contributed by atoms with E-state index in [4.69, 9.17) is 17.3 Å². The van der Waals surface area contributed by atoms with Crippen LogP contribution in [0, 0.1) is 5.82 Å². The number of thiophene rings is 1. The number of para-hydroxylation sites is 1. The highest BCUT2D eigenvalue weighted by Gasteiger charge is 2.10. The van der Waals surface area contributed by atoms with Crippen molar-refractivity contribution in [3.63, 3.8) is 0 Å². The van der Waals surface area contributed by atoms with Gasteiger partial charge in [0.05, 0.1) is 15.6 Å². The van der Waals surface area contributed by atoms with Crippen molar-refractivity contribution >= 4 is 28.6 Å². The first-order valence-electron chi connectivity index (χ1n) is 3.97. The van der Waals surface area contributed by atoms with Gasteiger partial charge in [0.25, 0.3) is 0 Å². The Morgan fingerprint density at radius 3 is 2.71 bits per heavy atom. The number of hydrogen-bond donors (Lipinski definition) is 1. The monoisotopic (exact) mass is 227 g/mol. The third-order valence-corrected chi connectivity index (χ3v) is 3.29. The van der Waals surface area contributed by atoms with E-state index in [0.717, 1.165) is 4.88 Å². The van der Waals surface area contributed by atoms with Gasteiger partial charge in [-0.3, -0.25) is 0 Å². The molecule has 0 saturated carbocycles. The first-order chi connectivity index (χ1) is 6.70. The van der Waals surface area contributed by atoms with Gasteiger partial charge in [0.15, 0.2) is 0 Å². The van der Waals surface area contributed by atoms with Crippen LogP contribution in [0.4, 0.5) is 10.1 Å². The van der Waals surface area contributed by atoms with Gasteiger partial charge in [0.2, 0.25) is 0 Å². The predicted octanol–water partition coefficient (Wildman–Crippen LogP) is 3.79. The molecule has 1 nitrogen and oxygen atoms in total. The van der Waals surface area contributed by atoms with Crippen LogP contribution in [0.3, 0.4) is 0 Å². The lowest BCUT2D eigenvalue weighted by Gasteiger charge is -2.04. The largest absolute Gasteiger partial charge is 0.396 e. The first kappa shape index (κ1) is 9.49. The minimum absolute atomic E-state index is 0.150. The molecule has 0 fully saturated rings. The van der Waals surface area contributed by atoms with Crippen LogP contribution in [-0.2, 0) is 0 Å². The zero-order valence-electron chi connectivity index (χ0n) is 7.13. The molecule has 4 heteroatoms. The Morgan fingerprint density at radius 2 is 2.07 bits per heavy atom. The number of rotatable bonds is 1. The zero-order valence-corrected chi connectivity index (χ0v) is 8.70. The van der Waals surface area contributed by atoms with E-state index < -0.39 is 5.82 Å². The molecule has 0 atom stereocenters. The molecule has 1 aromatic carbocycles. The first-order valence-corrected chi connectivity index (χ1v) is 5.23. The lowest BCUT2D eigenvalue weighted by molar-refractivity contribution is 0.633. The molecule has 2 rings (SSSR count). The topological polar surface area (TPSA) is 26.0 Å². The standard InChI is InChI=1S/C10H7ClFNS/c11-7-4-5-14-10(7)6-2-1-3-8(12)9(6)13/h1-5H,13H2. The molecule has 0 aliphatic carbocycles.